The van der Waals surface area contributed by atoms with Crippen LogP contribution in [0.4, 0.5) is 4.79 Å². The molecule has 2 amide bonds. The quantitative estimate of drug-likeness (QED) is 0.669. The molecule has 0 fully saturated rings. The van der Waals surface area contributed by atoms with Crippen LogP contribution < -0.4 is 10.6 Å². The van der Waals surface area contributed by atoms with Gasteiger partial charge in [-0.3, -0.25) is 4.79 Å². The number of nitrogens with one attached hydrogen (secondary N) is 2. The average molecular weight is 331 g/mol. The van der Waals surface area contributed by atoms with E-state index in [1.807, 2.05) is 44.2 Å². The summed E-state index contributed by atoms with van der Waals surface area (Å²) in [5, 5.41) is 22.2. The van der Waals surface area contributed by atoms with Crippen molar-refractivity contribution < 1.29 is 14.7 Å². The summed E-state index contributed by atoms with van der Waals surface area (Å²) in [4.78, 5) is 22.4. The fourth-order valence-corrected chi connectivity index (χ4v) is 2.09. The van der Waals surface area contributed by atoms with Crippen LogP contribution in [0.2, 0.25) is 0 Å². The summed E-state index contributed by atoms with van der Waals surface area (Å²) in [5.74, 6) is -0.880. The number of benzene rings is 1. The van der Waals surface area contributed by atoms with Crippen LogP contribution in [0.15, 0.2) is 36.5 Å². The summed E-state index contributed by atoms with van der Waals surface area (Å²) in [6.45, 7) is 3.94. The number of carboxylic acids is 1. The molecular weight excluding hydrogens is 310 g/mol. The Balaban J connectivity index is 1.94. The van der Waals surface area contributed by atoms with Crippen molar-refractivity contribution in [2.75, 3.05) is 6.54 Å². The van der Waals surface area contributed by atoms with E-state index in [4.69, 9.17) is 5.11 Å². The Morgan fingerprint density at radius 1 is 1.25 bits per heavy atom. The standard InChI is InChI=1S/C16H21N5O3/c1-16(2,18-15(24)17-10-6-9-14(22)23)13-11-21(20-19-13)12-7-4-3-5-8-12/h3-5,7-8,11H,6,9-10H2,1-2H3,(H,22,23)(H2,17,18,24). The third kappa shape index (κ3) is 4.80. The van der Waals surface area contributed by atoms with Crippen LogP contribution in [0, 0.1) is 0 Å². The third-order valence-electron chi connectivity index (χ3n) is 3.43. The summed E-state index contributed by atoms with van der Waals surface area (Å²) in [5.41, 5.74) is 0.779. The summed E-state index contributed by atoms with van der Waals surface area (Å²) in [7, 11) is 0. The zero-order valence-corrected chi connectivity index (χ0v) is 13.7. The minimum absolute atomic E-state index is 0.0229. The van der Waals surface area contributed by atoms with Gasteiger partial charge < -0.3 is 15.7 Å². The molecule has 3 N–H and O–H groups in total. The minimum Gasteiger partial charge on any atom is -0.481 e. The summed E-state index contributed by atoms with van der Waals surface area (Å²) in [6, 6.07) is 9.18. The second kappa shape index (κ2) is 7.58. The van der Waals surface area contributed by atoms with Gasteiger partial charge in [-0.15, -0.1) is 5.10 Å². The molecule has 2 rings (SSSR count). The maximum atomic E-state index is 11.9. The second-order valence-corrected chi connectivity index (χ2v) is 5.89. The topological polar surface area (TPSA) is 109 Å². The van der Waals surface area contributed by atoms with E-state index in [2.05, 4.69) is 20.9 Å². The zero-order chi connectivity index (χ0) is 17.6. The van der Waals surface area contributed by atoms with Crippen molar-refractivity contribution >= 4 is 12.0 Å². The monoisotopic (exact) mass is 331 g/mol. The number of carbonyl (C=O) groups is 2. The molecule has 8 nitrogen and oxygen atoms in total. The van der Waals surface area contributed by atoms with Crippen molar-refractivity contribution in [1.29, 1.82) is 0 Å². The maximum Gasteiger partial charge on any atom is 0.315 e. The molecule has 0 radical (unpaired) electrons. The molecule has 0 aliphatic heterocycles. The number of para-hydroxylation sites is 1. The number of amides is 2. The molecule has 0 bridgehead atoms. The van der Waals surface area contributed by atoms with Gasteiger partial charge in [0, 0.05) is 13.0 Å². The van der Waals surface area contributed by atoms with Gasteiger partial charge in [0.15, 0.2) is 0 Å². The fourth-order valence-electron chi connectivity index (χ4n) is 2.09. The van der Waals surface area contributed by atoms with Crippen molar-refractivity contribution in [3.63, 3.8) is 0 Å². The number of rotatable bonds is 7. The molecule has 8 heteroatoms. The van der Waals surface area contributed by atoms with Crippen LogP contribution in [-0.4, -0.2) is 38.6 Å². The molecular formula is C16H21N5O3. The van der Waals surface area contributed by atoms with Gasteiger partial charge in [0.05, 0.1) is 17.4 Å². The Morgan fingerprint density at radius 3 is 2.62 bits per heavy atom. The van der Waals surface area contributed by atoms with Gasteiger partial charge in [-0.1, -0.05) is 23.4 Å². The van der Waals surface area contributed by atoms with E-state index in [0.29, 0.717) is 18.7 Å². The lowest BCUT2D eigenvalue weighted by molar-refractivity contribution is -0.137. The molecule has 0 unspecified atom stereocenters. The van der Waals surface area contributed by atoms with Gasteiger partial charge >= 0.3 is 12.0 Å². The molecule has 24 heavy (non-hydrogen) atoms. The average Bonchev–Trinajstić information content (AvgIpc) is 3.03. The highest BCUT2D eigenvalue weighted by molar-refractivity contribution is 5.75. The highest BCUT2D eigenvalue weighted by Crippen LogP contribution is 2.18. The fraction of sp³-hybridized carbons (Fsp3) is 0.375. The van der Waals surface area contributed by atoms with Crippen molar-refractivity contribution in [2.24, 2.45) is 0 Å². The number of urea groups is 1. The third-order valence-corrected chi connectivity index (χ3v) is 3.43. The normalized spacial score (nSPS) is 11.1. The predicted molar refractivity (Wildman–Crippen MR) is 87.8 cm³/mol. The first-order valence-electron chi connectivity index (χ1n) is 7.64. The van der Waals surface area contributed by atoms with E-state index in [0.717, 1.165) is 5.69 Å². The van der Waals surface area contributed by atoms with Crippen molar-refractivity contribution in [2.45, 2.75) is 32.2 Å². The predicted octanol–water partition coefficient (Wildman–Crippen LogP) is 1.67. The zero-order valence-electron chi connectivity index (χ0n) is 13.7. The van der Waals surface area contributed by atoms with Crippen molar-refractivity contribution in [1.82, 2.24) is 25.6 Å². The van der Waals surface area contributed by atoms with E-state index in [9.17, 15) is 9.59 Å². The van der Waals surface area contributed by atoms with Crippen LogP contribution in [0.3, 0.4) is 0 Å². The van der Waals surface area contributed by atoms with Gasteiger partial charge in [-0.2, -0.15) is 0 Å². The number of hydrogen-bond acceptors (Lipinski definition) is 4. The molecule has 1 aromatic carbocycles. The number of carbonyl (C=O) groups excluding carboxylic acids is 1. The molecule has 0 saturated carbocycles. The number of nitrogens with zero attached hydrogens (tertiary/aromatic N) is 3. The van der Waals surface area contributed by atoms with Gasteiger partial charge in [0.2, 0.25) is 0 Å². The highest BCUT2D eigenvalue weighted by Gasteiger charge is 2.26. The Morgan fingerprint density at radius 2 is 1.96 bits per heavy atom. The molecule has 1 aromatic heterocycles. The van der Waals surface area contributed by atoms with Gasteiger partial charge in [0.25, 0.3) is 0 Å². The SMILES string of the molecule is CC(C)(NC(=O)NCCCC(=O)O)c1cn(-c2ccccc2)nn1. The first-order valence-corrected chi connectivity index (χ1v) is 7.64. The van der Waals surface area contributed by atoms with E-state index < -0.39 is 11.5 Å². The minimum atomic E-state index is -0.880. The smallest absolute Gasteiger partial charge is 0.315 e. The molecule has 0 spiro atoms. The van der Waals surface area contributed by atoms with Crippen LogP contribution in [0.1, 0.15) is 32.4 Å². The van der Waals surface area contributed by atoms with Crippen molar-refractivity contribution in [3.05, 3.63) is 42.2 Å². The molecule has 128 valence electrons. The van der Waals surface area contributed by atoms with Crippen LogP contribution in [0.25, 0.3) is 5.69 Å². The second-order valence-electron chi connectivity index (χ2n) is 5.89. The van der Waals surface area contributed by atoms with Gasteiger partial charge in [-0.05, 0) is 32.4 Å². The number of hydrogen-bond donors (Lipinski definition) is 3. The molecule has 0 aliphatic carbocycles. The Labute approximate surface area is 139 Å². The summed E-state index contributed by atoms with van der Waals surface area (Å²) >= 11 is 0. The first-order chi connectivity index (χ1) is 11.4. The van der Waals surface area contributed by atoms with Crippen LogP contribution in [0.5, 0.6) is 0 Å². The van der Waals surface area contributed by atoms with E-state index in [1.165, 1.54) is 0 Å². The van der Waals surface area contributed by atoms with Gasteiger partial charge in [-0.25, -0.2) is 9.48 Å². The molecule has 2 aromatic rings. The Hall–Kier alpha value is -2.90. The lowest BCUT2D eigenvalue weighted by atomic mass is 10.0. The number of carboxylic acid groups (broad SMARTS) is 1. The van der Waals surface area contributed by atoms with E-state index >= 15 is 0 Å². The Bertz CT molecular complexity index is 697. The summed E-state index contributed by atoms with van der Waals surface area (Å²) < 4.78 is 1.64. The lowest BCUT2D eigenvalue weighted by Crippen LogP contribution is -2.47. The molecule has 0 atom stereocenters. The molecule has 0 saturated heterocycles. The first kappa shape index (κ1) is 17.5. The molecule has 1 heterocycles. The molecule has 0 aliphatic rings. The Kier molecular flexibility index (Phi) is 5.51. The van der Waals surface area contributed by atoms with Gasteiger partial charge in [0.1, 0.15) is 5.69 Å². The largest absolute Gasteiger partial charge is 0.481 e. The number of aromatic nitrogens is 3. The highest BCUT2D eigenvalue weighted by atomic mass is 16.4. The summed E-state index contributed by atoms with van der Waals surface area (Å²) in [6.07, 6.45) is 2.17. The van der Waals surface area contributed by atoms with E-state index in [1.54, 1.807) is 10.9 Å². The van der Waals surface area contributed by atoms with Crippen molar-refractivity contribution in [3.8, 4) is 5.69 Å². The van der Waals surface area contributed by atoms with E-state index in [-0.39, 0.29) is 12.5 Å². The number of aliphatic carboxylic acids is 1. The maximum absolute atomic E-state index is 11.9. The lowest BCUT2D eigenvalue weighted by Gasteiger charge is -2.23. The van der Waals surface area contributed by atoms with Crippen LogP contribution >= 0.6 is 0 Å². The van der Waals surface area contributed by atoms with Crippen LogP contribution in [-0.2, 0) is 10.3 Å².